The van der Waals surface area contributed by atoms with E-state index in [2.05, 4.69) is 5.32 Å². The number of nitrogens with two attached hydrogens (primary N) is 1. The van der Waals surface area contributed by atoms with Gasteiger partial charge in [0.25, 0.3) is 5.91 Å². The normalized spacial score (nSPS) is 23.2. The Hall–Kier alpha value is -2.22. The van der Waals surface area contributed by atoms with Crippen LogP contribution in [0, 0.1) is 11.8 Å². The molecule has 2 aliphatic rings. The van der Waals surface area contributed by atoms with Crippen molar-refractivity contribution in [2.45, 2.75) is 32.1 Å². The van der Waals surface area contributed by atoms with Crippen LogP contribution >= 0.6 is 11.3 Å². The number of hydrogen-bond donors (Lipinski definition) is 2. The van der Waals surface area contributed by atoms with Gasteiger partial charge in [0.1, 0.15) is 5.00 Å². The first-order valence-electron chi connectivity index (χ1n) is 8.01. The summed E-state index contributed by atoms with van der Waals surface area (Å²) in [4.78, 5) is 49.2. The summed E-state index contributed by atoms with van der Waals surface area (Å²) in [5.41, 5.74) is 5.49. The third kappa shape index (κ3) is 3.06. The highest BCUT2D eigenvalue weighted by molar-refractivity contribution is 7.14. The van der Waals surface area contributed by atoms with E-state index in [1.54, 1.807) is 11.4 Å². The Bertz CT molecular complexity index is 675. The fraction of sp³-hybridized carbons (Fsp3) is 0.500. The minimum absolute atomic E-state index is 0.00697. The van der Waals surface area contributed by atoms with Crippen LogP contribution in [0.15, 0.2) is 11.4 Å². The lowest BCUT2D eigenvalue weighted by Gasteiger charge is -2.19. The zero-order chi connectivity index (χ0) is 17.3. The van der Waals surface area contributed by atoms with Gasteiger partial charge in [-0.1, -0.05) is 12.8 Å². The van der Waals surface area contributed by atoms with Crippen LogP contribution in [0.25, 0.3) is 0 Å². The molecule has 2 fully saturated rings. The third-order valence-electron chi connectivity index (χ3n) is 4.68. The molecule has 0 radical (unpaired) electrons. The van der Waals surface area contributed by atoms with Crippen LogP contribution < -0.4 is 11.1 Å². The van der Waals surface area contributed by atoms with Gasteiger partial charge in [-0.25, -0.2) is 0 Å². The second kappa shape index (κ2) is 6.72. The molecular formula is C16H19N3O4S. The number of amides is 4. The van der Waals surface area contributed by atoms with E-state index in [-0.39, 0.29) is 48.1 Å². The molecule has 1 saturated carbocycles. The van der Waals surface area contributed by atoms with E-state index >= 15 is 0 Å². The number of fused-ring (bicyclic) bond motifs is 1. The highest BCUT2D eigenvalue weighted by Crippen LogP contribution is 2.38. The Morgan fingerprint density at radius 2 is 1.83 bits per heavy atom. The fourth-order valence-electron chi connectivity index (χ4n) is 3.45. The molecule has 0 aromatic carbocycles. The molecule has 3 N–H and O–H groups in total. The van der Waals surface area contributed by atoms with Crippen molar-refractivity contribution in [3.05, 3.63) is 17.0 Å². The number of imide groups is 1. The van der Waals surface area contributed by atoms with Crippen molar-refractivity contribution in [2.24, 2.45) is 17.6 Å². The summed E-state index contributed by atoms with van der Waals surface area (Å²) in [6.45, 7) is 0.0772. The molecule has 1 aromatic rings. The van der Waals surface area contributed by atoms with Gasteiger partial charge in [-0.05, 0) is 24.3 Å². The van der Waals surface area contributed by atoms with Crippen LogP contribution in [0.1, 0.15) is 42.5 Å². The monoisotopic (exact) mass is 349 g/mol. The van der Waals surface area contributed by atoms with Gasteiger partial charge in [0.2, 0.25) is 17.7 Å². The maximum absolute atomic E-state index is 12.3. The number of nitrogens with one attached hydrogen (secondary N) is 1. The van der Waals surface area contributed by atoms with Gasteiger partial charge < -0.3 is 11.1 Å². The maximum Gasteiger partial charge on any atom is 0.251 e. The number of nitrogens with zero attached hydrogens (tertiary/aromatic N) is 1. The molecule has 1 saturated heterocycles. The standard InChI is InChI=1S/C16H19N3O4S/c17-13(21)11-6-8-24-14(11)18-12(20)5-7-19-15(22)9-3-1-2-4-10(9)16(19)23/h6,8-10H,1-5,7H2,(H2,17,21)(H,18,20)/t9-,10-/m1/s1. The topological polar surface area (TPSA) is 110 Å². The van der Waals surface area contributed by atoms with Crippen molar-refractivity contribution in [1.29, 1.82) is 0 Å². The van der Waals surface area contributed by atoms with E-state index in [4.69, 9.17) is 5.73 Å². The van der Waals surface area contributed by atoms with Crippen molar-refractivity contribution in [1.82, 2.24) is 4.90 Å². The second-order valence-corrected chi connectivity index (χ2v) is 7.07. The zero-order valence-corrected chi connectivity index (χ0v) is 13.9. The van der Waals surface area contributed by atoms with Crippen LogP contribution in [0.4, 0.5) is 5.00 Å². The average Bonchev–Trinajstić information content (AvgIpc) is 3.11. The zero-order valence-electron chi connectivity index (χ0n) is 13.1. The molecule has 8 heteroatoms. The molecule has 128 valence electrons. The molecule has 0 unspecified atom stereocenters. The molecule has 0 spiro atoms. The summed E-state index contributed by atoms with van der Waals surface area (Å²) >= 11 is 1.20. The molecule has 1 aromatic heterocycles. The first kappa shape index (κ1) is 16.6. The Labute approximate surface area is 143 Å². The minimum Gasteiger partial charge on any atom is -0.366 e. The molecular weight excluding hydrogens is 330 g/mol. The molecule has 2 atom stereocenters. The molecule has 0 bridgehead atoms. The third-order valence-corrected chi connectivity index (χ3v) is 5.51. The van der Waals surface area contributed by atoms with Gasteiger partial charge in [-0.3, -0.25) is 24.1 Å². The average molecular weight is 349 g/mol. The van der Waals surface area contributed by atoms with Crippen molar-refractivity contribution in [3.8, 4) is 0 Å². The Kier molecular flexibility index (Phi) is 4.66. The Morgan fingerprint density at radius 1 is 1.21 bits per heavy atom. The van der Waals surface area contributed by atoms with E-state index < -0.39 is 5.91 Å². The van der Waals surface area contributed by atoms with Crippen LogP contribution in [-0.4, -0.2) is 35.1 Å². The lowest BCUT2D eigenvalue weighted by molar-refractivity contribution is -0.140. The van der Waals surface area contributed by atoms with Gasteiger partial charge >= 0.3 is 0 Å². The molecule has 1 aliphatic carbocycles. The molecule has 4 amide bonds. The fourth-order valence-corrected chi connectivity index (χ4v) is 4.26. The molecule has 24 heavy (non-hydrogen) atoms. The van der Waals surface area contributed by atoms with Crippen LogP contribution in [-0.2, 0) is 14.4 Å². The SMILES string of the molecule is NC(=O)c1ccsc1NC(=O)CCN1C(=O)[C@@H]2CCCC[C@H]2C1=O. The number of primary amides is 1. The molecule has 1 aliphatic heterocycles. The summed E-state index contributed by atoms with van der Waals surface area (Å²) in [5.74, 6) is -1.66. The van der Waals surface area contributed by atoms with E-state index in [1.165, 1.54) is 16.2 Å². The number of likely N-dealkylation sites (tertiary alicyclic amines) is 1. The smallest absolute Gasteiger partial charge is 0.251 e. The molecule has 7 nitrogen and oxygen atoms in total. The summed E-state index contributed by atoms with van der Waals surface area (Å²) in [6.07, 6.45) is 3.47. The van der Waals surface area contributed by atoms with Gasteiger partial charge in [0, 0.05) is 13.0 Å². The molecule has 2 heterocycles. The van der Waals surface area contributed by atoms with Gasteiger partial charge in [-0.2, -0.15) is 0 Å². The first-order valence-corrected chi connectivity index (χ1v) is 8.89. The number of carbonyl (C=O) groups is 4. The number of hydrogen-bond acceptors (Lipinski definition) is 5. The van der Waals surface area contributed by atoms with Crippen LogP contribution in [0.2, 0.25) is 0 Å². The number of carbonyl (C=O) groups excluding carboxylic acids is 4. The Balaban J connectivity index is 1.58. The second-order valence-electron chi connectivity index (χ2n) is 6.15. The van der Waals surface area contributed by atoms with Crippen molar-refractivity contribution in [2.75, 3.05) is 11.9 Å². The maximum atomic E-state index is 12.3. The quantitative estimate of drug-likeness (QED) is 0.782. The highest BCUT2D eigenvalue weighted by Gasteiger charge is 2.47. The largest absolute Gasteiger partial charge is 0.366 e. The van der Waals surface area contributed by atoms with E-state index in [9.17, 15) is 19.2 Å². The number of thiophene rings is 1. The van der Waals surface area contributed by atoms with Crippen molar-refractivity contribution >= 4 is 40.0 Å². The first-order chi connectivity index (χ1) is 11.5. The van der Waals surface area contributed by atoms with E-state index in [1.807, 2.05) is 0 Å². The van der Waals surface area contributed by atoms with Crippen LogP contribution in [0.3, 0.4) is 0 Å². The van der Waals surface area contributed by atoms with Gasteiger partial charge in [0.05, 0.1) is 17.4 Å². The van der Waals surface area contributed by atoms with Gasteiger partial charge in [0.15, 0.2) is 0 Å². The van der Waals surface area contributed by atoms with Gasteiger partial charge in [-0.15, -0.1) is 11.3 Å². The summed E-state index contributed by atoms with van der Waals surface area (Å²) in [6, 6.07) is 1.54. The Morgan fingerprint density at radius 3 is 2.42 bits per heavy atom. The van der Waals surface area contributed by atoms with Crippen molar-refractivity contribution in [3.63, 3.8) is 0 Å². The summed E-state index contributed by atoms with van der Waals surface area (Å²) in [5, 5.41) is 4.67. The lowest BCUT2D eigenvalue weighted by Crippen LogP contribution is -2.34. The van der Waals surface area contributed by atoms with Crippen LogP contribution in [0.5, 0.6) is 0 Å². The lowest BCUT2D eigenvalue weighted by atomic mass is 9.81. The predicted octanol–water partition coefficient (Wildman–Crippen LogP) is 1.35. The van der Waals surface area contributed by atoms with E-state index in [0.717, 1.165) is 25.7 Å². The predicted molar refractivity (Wildman–Crippen MR) is 88.3 cm³/mol. The van der Waals surface area contributed by atoms with Crippen molar-refractivity contribution < 1.29 is 19.2 Å². The molecule has 3 rings (SSSR count). The number of rotatable bonds is 5. The summed E-state index contributed by atoms with van der Waals surface area (Å²) in [7, 11) is 0. The minimum atomic E-state index is -0.611. The summed E-state index contributed by atoms with van der Waals surface area (Å²) < 4.78 is 0. The highest BCUT2D eigenvalue weighted by atomic mass is 32.1. The van der Waals surface area contributed by atoms with E-state index in [0.29, 0.717) is 5.00 Å². The number of anilines is 1.